The number of nitro benzene ring substituents is 1. The molecule has 36 heavy (non-hydrogen) atoms. The summed E-state index contributed by atoms with van der Waals surface area (Å²) in [7, 11) is -3.39. The first-order valence-corrected chi connectivity index (χ1v) is 12.8. The van der Waals surface area contributed by atoms with Crippen molar-refractivity contribution < 1.29 is 13.3 Å². The summed E-state index contributed by atoms with van der Waals surface area (Å²) in [5.41, 5.74) is 4.08. The number of hydrogen-bond donors (Lipinski definition) is 1. The van der Waals surface area contributed by atoms with E-state index in [1.54, 1.807) is 49.5 Å². The Kier molecular flexibility index (Phi) is 5.52. The lowest BCUT2D eigenvalue weighted by molar-refractivity contribution is -0.384. The van der Waals surface area contributed by atoms with E-state index in [0.29, 0.717) is 38.7 Å². The van der Waals surface area contributed by atoms with Crippen LogP contribution in [0.3, 0.4) is 0 Å². The predicted octanol–water partition coefficient (Wildman–Crippen LogP) is 4.79. The van der Waals surface area contributed by atoms with E-state index in [2.05, 4.69) is 9.71 Å². The van der Waals surface area contributed by atoms with Gasteiger partial charge in [0.1, 0.15) is 0 Å². The van der Waals surface area contributed by atoms with Gasteiger partial charge in [0.25, 0.3) is 11.2 Å². The highest BCUT2D eigenvalue weighted by atomic mass is 32.2. The molecule has 180 valence electrons. The molecule has 5 rings (SSSR count). The SMILES string of the molecule is Cc1ccc([N+](=O)[O-])cc1-n1c(=O)ccc2cnc3ccc(-c4ccc(NS(C)(=O)=O)cc4)cc3c21. The zero-order chi connectivity index (χ0) is 25.6. The quantitative estimate of drug-likeness (QED) is 0.210. The highest BCUT2D eigenvalue weighted by Crippen LogP contribution is 2.31. The van der Waals surface area contributed by atoms with Crippen LogP contribution in [-0.4, -0.2) is 29.1 Å². The normalized spacial score (nSPS) is 11.6. The molecule has 10 heteroatoms. The number of nitrogens with one attached hydrogen (secondary N) is 1. The van der Waals surface area contributed by atoms with Crippen LogP contribution < -0.4 is 10.3 Å². The third kappa shape index (κ3) is 4.29. The summed E-state index contributed by atoms with van der Waals surface area (Å²) in [5, 5.41) is 12.8. The van der Waals surface area contributed by atoms with Gasteiger partial charge >= 0.3 is 0 Å². The number of nitro groups is 1. The lowest BCUT2D eigenvalue weighted by Crippen LogP contribution is -2.18. The molecule has 0 amide bonds. The van der Waals surface area contributed by atoms with Crippen LogP contribution in [0.2, 0.25) is 0 Å². The smallest absolute Gasteiger partial charge is 0.271 e. The van der Waals surface area contributed by atoms with E-state index in [0.717, 1.165) is 17.4 Å². The van der Waals surface area contributed by atoms with Crippen molar-refractivity contribution in [3.63, 3.8) is 0 Å². The van der Waals surface area contributed by atoms with Crippen LogP contribution in [0, 0.1) is 17.0 Å². The monoisotopic (exact) mass is 500 g/mol. The Balaban J connectivity index is 1.75. The number of fused-ring (bicyclic) bond motifs is 3. The number of aryl methyl sites for hydroxylation is 1. The van der Waals surface area contributed by atoms with Crippen LogP contribution in [0.4, 0.5) is 11.4 Å². The van der Waals surface area contributed by atoms with Crippen LogP contribution in [0.5, 0.6) is 0 Å². The fraction of sp³-hybridized carbons (Fsp3) is 0.0769. The van der Waals surface area contributed by atoms with Crippen molar-refractivity contribution in [3.8, 4) is 16.8 Å². The van der Waals surface area contributed by atoms with Crippen molar-refractivity contribution in [1.82, 2.24) is 9.55 Å². The molecule has 0 radical (unpaired) electrons. The summed E-state index contributed by atoms with van der Waals surface area (Å²) < 4.78 is 26.9. The number of rotatable bonds is 5. The first-order valence-electron chi connectivity index (χ1n) is 10.9. The Morgan fingerprint density at radius 1 is 0.944 bits per heavy atom. The fourth-order valence-electron chi connectivity index (χ4n) is 4.23. The molecule has 0 bridgehead atoms. The highest BCUT2D eigenvalue weighted by molar-refractivity contribution is 7.92. The number of benzene rings is 3. The van der Waals surface area contributed by atoms with Crippen molar-refractivity contribution in [3.05, 3.63) is 105 Å². The van der Waals surface area contributed by atoms with E-state index in [9.17, 15) is 23.3 Å². The molecule has 2 aromatic heterocycles. The van der Waals surface area contributed by atoms with E-state index >= 15 is 0 Å². The molecule has 0 saturated carbocycles. The third-order valence-electron chi connectivity index (χ3n) is 5.88. The van der Waals surface area contributed by atoms with Crippen molar-refractivity contribution >= 4 is 43.2 Å². The molecule has 0 spiro atoms. The molecular formula is C26H20N4O5S. The Labute approximate surface area is 205 Å². The maximum atomic E-state index is 13.1. The van der Waals surface area contributed by atoms with E-state index in [1.165, 1.54) is 22.8 Å². The first kappa shape index (κ1) is 23.2. The average molecular weight is 501 g/mol. The van der Waals surface area contributed by atoms with Gasteiger partial charge in [-0.05, 0) is 53.9 Å². The molecule has 3 aromatic carbocycles. The second kappa shape index (κ2) is 8.58. The van der Waals surface area contributed by atoms with Gasteiger partial charge in [0.05, 0.1) is 27.9 Å². The summed E-state index contributed by atoms with van der Waals surface area (Å²) >= 11 is 0. The van der Waals surface area contributed by atoms with Crippen molar-refractivity contribution in [1.29, 1.82) is 0 Å². The zero-order valence-corrected chi connectivity index (χ0v) is 20.1. The molecular weight excluding hydrogens is 480 g/mol. The molecule has 0 aliphatic heterocycles. The molecule has 0 atom stereocenters. The summed E-state index contributed by atoms with van der Waals surface area (Å²) in [6, 6.07) is 20.1. The van der Waals surface area contributed by atoms with Gasteiger partial charge in [0, 0.05) is 40.9 Å². The molecule has 9 nitrogen and oxygen atoms in total. The topological polar surface area (TPSA) is 124 Å². The molecule has 2 heterocycles. The Morgan fingerprint density at radius 2 is 1.67 bits per heavy atom. The number of sulfonamides is 1. The van der Waals surface area contributed by atoms with Crippen LogP contribution in [0.1, 0.15) is 5.56 Å². The molecule has 0 aliphatic carbocycles. The minimum atomic E-state index is -3.39. The van der Waals surface area contributed by atoms with Crippen molar-refractivity contribution in [2.45, 2.75) is 6.92 Å². The minimum absolute atomic E-state index is 0.110. The second-order valence-electron chi connectivity index (χ2n) is 8.48. The summed E-state index contributed by atoms with van der Waals surface area (Å²) in [6.07, 6.45) is 2.76. The second-order valence-corrected chi connectivity index (χ2v) is 10.2. The molecule has 0 unspecified atom stereocenters. The van der Waals surface area contributed by atoms with Gasteiger partial charge in [-0.15, -0.1) is 0 Å². The minimum Gasteiger partial charge on any atom is -0.284 e. The van der Waals surface area contributed by atoms with Gasteiger partial charge in [0.15, 0.2) is 0 Å². The number of aromatic nitrogens is 2. The lowest BCUT2D eigenvalue weighted by atomic mass is 10.0. The maximum absolute atomic E-state index is 13.1. The Morgan fingerprint density at radius 3 is 2.36 bits per heavy atom. The van der Waals surface area contributed by atoms with E-state index in [1.807, 2.05) is 18.2 Å². The van der Waals surface area contributed by atoms with Gasteiger partial charge in [-0.2, -0.15) is 0 Å². The molecule has 5 aromatic rings. The Bertz CT molecular complexity index is 1850. The average Bonchev–Trinajstić information content (AvgIpc) is 2.83. The van der Waals surface area contributed by atoms with Gasteiger partial charge in [-0.25, -0.2) is 8.42 Å². The van der Waals surface area contributed by atoms with Gasteiger partial charge in [-0.1, -0.05) is 24.3 Å². The number of non-ortho nitro benzene ring substituents is 1. The number of anilines is 1. The van der Waals surface area contributed by atoms with Crippen molar-refractivity contribution in [2.75, 3.05) is 11.0 Å². The van der Waals surface area contributed by atoms with Gasteiger partial charge in [-0.3, -0.25) is 29.2 Å². The summed E-state index contributed by atoms with van der Waals surface area (Å²) in [6.45, 7) is 1.80. The highest BCUT2D eigenvalue weighted by Gasteiger charge is 2.16. The third-order valence-corrected chi connectivity index (χ3v) is 6.49. The zero-order valence-electron chi connectivity index (χ0n) is 19.3. The maximum Gasteiger partial charge on any atom is 0.271 e. The predicted molar refractivity (Wildman–Crippen MR) is 140 cm³/mol. The standard InChI is InChI=1S/C26H20N4O5S/c1-16-3-10-21(30(32)33)14-24(16)29-25(31)12-7-19-15-27-23-11-6-18(13-22(23)26(19)29)17-4-8-20(9-5-17)28-36(2,34)35/h3-15,28H,1-2H3. The van der Waals surface area contributed by atoms with Crippen LogP contribution in [0.25, 0.3) is 38.6 Å². The van der Waals surface area contributed by atoms with E-state index < -0.39 is 14.9 Å². The summed E-state index contributed by atoms with van der Waals surface area (Å²) in [5.74, 6) is 0. The molecule has 0 fully saturated rings. The fourth-order valence-corrected chi connectivity index (χ4v) is 4.79. The van der Waals surface area contributed by atoms with E-state index in [4.69, 9.17) is 0 Å². The first-order chi connectivity index (χ1) is 17.1. The van der Waals surface area contributed by atoms with Crippen LogP contribution in [-0.2, 0) is 10.0 Å². The van der Waals surface area contributed by atoms with Crippen molar-refractivity contribution in [2.24, 2.45) is 0 Å². The van der Waals surface area contributed by atoms with Gasteiger partial charge < -0.3 is 0 Å². The summed E-state index contributed by atoms with van der Waals surface area (Å²) in [4.78, 5) is 28.6. The van der Waals surface area contributed by atoms with Crippen LogP contribution in [0.15, 0.2) is 83.8 Å². The molecule has 0 saturated heterocycles. The molecule has 0 aliphatic rings. The number of pyridine rings is 2. The van der Waals surface area contributed by atoms with E-state index in [-0.39, 0.29) is 11.2 Å². The van der Waals surface area contributed by atoms with Crippen LogP contribution >= 0.6 is 0 Å². The number of hydrogen-bond acceptors (Lipinski definition) is 6. The molecule has 1 N–H and O–H groups in total. The number of nitrogens with zero attached hydrogens (tertiary/aromatic N) is 3. The van der Waals surface area contributed by atoms with Gasteiger partial charge in [0.2, 0.25) is 10.0 Å². The Hall–Kier alpha value is -4.57. The largest absolute Gasteiger partial charge is 0.284 e. The lowest BCUT2D eigenvalue weighted by Gasteiger charge is -2.15.